The van der Waals surface area contributed by atoms with Crippen molar-refractivity contribution < 1.29 is 9.52 Å². The van der Waals surface area contributed by atoms with Crippen LogP contribution >= 0.6 is 0 Å². The van der Waals surface area contributed by atoms with Crippen LogP contribution in [0.5, 0.6) is 0 Å². The molecule has 17 heavy (non-hydrogen) atoms. The molecule has 0 aliphatic heterocycles. The van der Waals surface area contributed by atoms with Crippen LogP contribution in [0.4, 0.5) is 0 Å². The molecule has 88 valence electrons. The number of hydrogen-bond donors (Lipinski definition) is 1. The molecule has 1 N–H and O–H groups in total. The minimum atomic E-state index is -0.235. The van der Waals surface area contributed by atoms with Gasteiger partial charge in [0.1, 0.15) is 11.5 Å². The fraction of sp³-hybridized carbons (Fsp3) is 0.214. The molecule has 0 bridgehead atoms. The van der Waals surface area contributed by atoms with E-state index < -0.39 is 0 Å². The molecule has 0 amide bonds. The van der Waals surface area contributed by atoms with Crippen LogP contribution in [0.2, 0.25) is 0 Å². The van der Waals surface area contributed by atoms with Crippen molar-refractivity contribution in [2.24, 2.45) is 4.99 Å². The summed E-state index contributed by atoms with van der Waals surface area (Å²) < 4.78 is 5.38. The molecule has 0 spiro atoms. The summed E-state index contributed by atoms with van der Waals surface area (Å²) in [6.07, 6.45) is 1.65. The second kappa shape index (κ2) is 5.46. The van der Waals surface area contributed by atoms with Crippen molar-refractivity contribution >= 4 is 6.21 Å². The van der Waals surface area contributed by atoms with Crippen LogP contribution in [0.25, 0.3) is 0 Å². The van der Waals surface area contributed by atoms with E-state index in [1.54, 1.807) is 6.21 Å². The van der Waals surface area contributed by atoms with Gasteiger partial charge in [-0.1, -0.05) is 30.3 Å². The van der Waals surface area contributed by atoms with Gasteiger partial charge in [0.2, 0.25) is 0 Å². The van der Waals surface area contributed by atoms with E-state index in [-0.39, 0.29) is 12.6 Å². The molecule has 1 aromatic heterocycles. The Morgan fingerprint density at radius 3 is 2.59 bits per heavy atom. The minimum absolute atomic E-state index is 0.0137. The Morgan fingerprint density at radius 2 is 2.00 bits per heavy atom. The van der Waals surface area contributed by atoms with E-state index in [9.17, 15) is 5.11 Å². The molecular weight excluding hydrogens is 214 g/mol. The monoisotopic (exact) mass is 229 g/mol. The molecule has 2 aromatic rings. The van der Waals surface area contributed by atoms with Crippen molar-refractivity contribution in [3.8, 4) is 0 Å². The van der Waals surface area contributed by atoms with Crippen molar-refractivity contribution in [3.63, 3.8) is 0 Å². The summed E-state index contributed by atoms with van der Waals surface area (Å²) in [5.74, 6) is 1.56. The van der Waals surface area contributed by atoms with E-state index in [2.05, 4.69) is 4.99 Å². The zero-order valence-corrected chi connectivity index (χ0v) is 9.71. The molecule has 0 unspecified atom stereocenters. The topological polar surface area (TPSA) is 45.7 Å². The van der Waals surface area contributed by atoms with Crippen LogP contribution in [0.15, 0.2) is 51.9 Å². The highest BCUT2D eigenvalue weighted by molar-refractivity contribution is 5.76. The van der Waals surface area contributed by atoms with Crippen molar-refractivity contribution in [3.05, 3.63) is 59.5 Å². The highest BCUT2D eigenvalue weighted by Crippen LogP contribution is 2.16. The number of hydrogen-bond acceptors (Lipinski definition) is 3. The molecule has 1 heterocycles. The minimum Gasteiger partial charge on any atom is -0.460 e. The van der Waals surface area contributed by atoms with E-state index >= 15 is 0 Å². The Labute approximate surface area is 100 Å². The van der Waals surface area contributed by atoms with Crippen molar-refractivity contribution in [1.29, 1.82) is 0 Å². The maximum atomic E-state index is 9.32. The summed E-state index contributed by atoms with van der Waals surface area (Å²) in [6.45, 7) is 1.87. The number of aliphatic hydroxyl groups excluding tert-OH is 1. The zero-order chi connectivity index (χ0) is 12.1. The second-order valence-electron chi connectivity index (χ2n) is 3.84. The van der Waals surface area contributed by atoms with Gasteiger partial charge in [0.25, 0.3) is 0 Å². The van der Waals surface area contributed by atoms with E-state index in [0.29, 0.717) is 5.76 Å². The molecule has 0 fully saturated rings. The Balaban J connectivity index is 2.13. The van der Waals surface area contributed by atoms with Gasteiger partial charge in [0, 0.05) is 0 Å². The molecule has 3 heteroatoms. The van der Waals surface area contributed by atoms with Gasteiger partial charge in [0.05, 0.1) is 18.9 Å². The smallest absolute Gasteiger partial charge is 0.144 e. The Kier molecular flexibility index (Phi) is 3.73. The number of aryl methyl sites for hydroxylation is 1. The van der Waals surface area contributed by atoms with Crippen LogP contribution in [0.1, 0.15) is 23.1 Å². The van der Waals surface area contributed by atoms with Crippen LogP contribution in [0, 0.1) is 6.92 Å². The third-order valence-corrected chi connectivity index (χ3v) is 2.50. The van der Waals surface area contributed by atoms with Gasteiger partial charge in [-0.2, -0.15) is 0 Å². The summed E-state index contributed by atoms with van der Waals surface area (Å²) in [5, 5.41) is 9.32. The van der Waals surface area contributed by atoms with Gasteiger partial charge in [0.15, 0.2) is 0 Å². The highest BCUT2D eigenvalue weighted by Gasteiger charge is 2.06. The largest absolute Gasteiger partial charge is 0.460 e. The summed E-state index contributed by atoms with van der Waals surface area (Å²) >= 11 is 0. The van der Waals surface area contributed by atoms with E-state index in [4.69, 9.17) is 4.42 Å². The van der Waals surface area contributed by atoms with Gasteiger partial charge >= 0.3 is 0 Å². The maximum Gasteiger partial charge on any atom is 0.144 e. The van der Waals surface area contributed by atoms with E-state index in [0.717, 1.165) is 11.3 Å². The molecular formula is C14H15NO2. The van der Waals surface area contributed by atoms with Gasteiger partial charge in [-0.15, -0.1) is 0 Å². The van der Waals surface area contributed by atoms with Crippen LogP contribution in [-0.4, -0.2) is 17.9 Å². The first-order chi connectivity index (χ1) is 8.29. The summed E-state index contributed by atoms with van der Waals surface area (Å²) in [4.78, 5) is 4.33. The molecule has 0 radical (unpaired) electrons. The first kappa shape index (κ1) is 11.6. The van der Waals surface area contributed by atoms with Gasteiger partial charge in [-0.3, -0.25) is 4.99 Å². The van der Waals surface area contributed by atoms with E-state index in [1.807, 2.05) is 49.4 Å². The summed E-state index contributed by atoms with van der Waals surface area (Å²) in [5.41, 5.74) is 0.995. The number of furan rings is 1. The normalized spacial score (nSPS) is 13.1. The Bertz CT molecular complexity index is 488. The number of nitrogens with zero attached hydrogens (tertiary/aromatic N) is 1. The highest BCUT2D eigenvalue weighted by atomic mass is 16.3. The van der Waals surface area contributed by atoms with Crippen molar-refractivity contribution in [2.45, 2.75) is 13.0 Å². The van der Waals surface area contributed by atoms with Crippen molar-refractivity contribution in [1.82, 2.24) is 0 Å². The van der Waals surface area contributed by atoms with Gasteiger partial charge in [-0.05, 0) is 24.6 Å². The Hall–Kier alpha value is -1.87. The molecule has 0 aliphatic carbocycles. The second-order valence-corrected chi connectivity index (χ2v) is 3.84. The van der Waals surface area contributed by atoms with E-state index in [1.165, 1.54) is 0 Å². The third-order valence-electron chi connectivity index (χ3n) is 2.50. The molecule has 0 saturated carbocycles. The number of aliphatic hydroxyl groups is 1. The zero-order valence-electron chi connectivity index (χ0n) is 9.71. The van der Waals surface area contributed by atoms with Crippen LogP contribution < -0.4 is 0 Å². The van der Waals surface area contributed by atoms with Gasteiger partial charge in [-0.25, -0.2) is 0 Å². The molecule has 1 aromatic carbocycles. The molecule has 1 atom stereocenters. The average Bonchev–Trinajstić information content (AvgIpc) is 2.77. The first-order valence-electron chi connectivity index (χ1n) is 5.55. The lowest BCUT2D eigenvalue weighted by molar-refractivity contribution is 0.269. The quantitative estimate of drug-likeness (QED) is 0.819. The Morgan fingerprint density at radius 1 is 1.24 bits per heavy atom. The lowest BCUT2D eigenvalue weighted by Gasteiger charge is -2.08. The first-order valence-corrected chi connectivity index (χ1v) is 5.55. The van der Waals surface area contributed by atoms with Crippen LogP contribution in [-0.2, 0) is 0 Å². The molecule has 2 rings (SSSR count). The lowest BCUT2D eigenvalue weighted by atomic mass is 10.1. The standard InChI is InChI=1S/C14H15NO2/c1-11-7-8-13(17-11)9-15-14(10-16)12-5-3-2-4-6-12/h2-9,14,16H,10H2,1H3/t14-/m0/s1. The number of rotatable bonds is 4. The number of benzene rings is 1. The van der Waals surface area contributed by atoms with Gasteiger partial charge < -0.3 is 9.52 Å². The predicted molar refractivity (Wildman–Crippen MR) is 67.3 cm³/mol. The van der Waals surface area contributed by atoms with Crippen molar-refractivity contribution in [2.75, 3.05) is 6.61 Å². The number of aliphatic imine (C=N–C) groups is 1. The predicted octanol–water partition coefficient (Wildman–Crippen LogP) is 2.74. The fourth-order valence-electron chi connectivity index (χ4n) is 1.60. The maximum absolute atomic E-state index is 9.32. The SMILES string of the molecule is Cc1ccc(C=N[C@@H](CO)c2ccccc2)o1. The molecule has 0 aliphatic rings. The average molecular weight is 229 g/mol. The van der Waals surface area contributed by atoms with Crippen LogP contribution in [0.3, 0.4) is 0 Å². The fourth-order valence-corrected chi connectivity index (χ4v) is 1.60. The third kappa shape index (κ3) is 3.04. The molecule has 3 nitrogen and oxygen atoms in total. The lowest BCUT2D eigenvalue weighted by Crippen LogP contribution is -2.01. The summed E-state index contributed by atoms with van der Waals surface area (Å²) in [7, 11) is 0. The summed E-state index contributed by atoms with van der Waals surface area (Å²) in [6, 6.07) is 13.2. The molecule has 0 saturated heterocycles.